The van der Waals surface area contributed by atoms with Gasteiger partial charge in [0.1, 0.15) is 0 Å². The first kappa shape index (κ1) is 23.0. The highest BCUT2D eigenvalue weighted by molar-refractivity contribution is 7.99. The van der Waals surface area contributed by atoms with Crippen molar-refractivity contribution in [3.63, 3.8) is 0 Å². The van der Waals surface area contributed by atoms with Gasteiger partial charge in [-0.3, -0.25) is 9.36 Å². The molecule has 0 aliphatic rings. The van der Waals surface area contributed by atoms with Crippen molar-refractivity contribution < 1.29 is 4.79 Å². The second kappa shape index (κ2) is 10.7. The Bertz CT molecular complexity index is 1290. The first-order valence-corrected chi connectivity index (χ1v) is 11.7. The maximum Gasteiger partial charge on any atom is 0.250 e. The quantitative estimate of drug-likeness (QED) is 0.200. The maximum atomic E-state index is 12.4. The number of rotatable bonds is 7. The van der Waals surface area contributed by atoms with Gasteiger partial charge in [-0.25, -0.2) is 5.43 Å². The number of hydrazone groups is 1. The van der Waals surface area contributed by atoms with E-state index in [1.807, 2.05) is 60.0 Å². The molecule has 0 saturated heterocycles. The maximum absolute atomic E-state index is 12.4. The van der Waals surface area contributed by atoms with Crippen molar-refractivity contribution in [1.82, 2.24) is 20.2 Å². The molecule has 1 N–H and O–H groups in total. The topological polar surface area (TPSA) is 72.2 Å². The van der Waals surface area contributed by atoms with Gasteiger partial charge >= 0.3 is 0 Å². The monoisotopic (exact) mass is 495 g/mol. The number of benzene rings is 3. The Morgan fingerprint density at radius 2 is 1.67 bits per heavy atom. The summed E-state index contributed by atoms with van der Waals surface area (Å²) in [5.74, 6) is 0.510. The van der Waals surface area contributed by atoms with Crippen LogP contribution >= 0.6 is 35.0 Å². The molecule has 1 aromatic heterocycles. The number of carbonyl (C=O) groups excluding carboxylic acids is 1. The van der Waals surface area contributed by atoms with Crippen molar-refractivity contribution in [1.29, 1.82) is 0 Å². The van der Waals surface area contributed by atoms with E-state index in [2.05, 4.69) is 20.7 Å². The number of nitrogens with one attached hydrogen (secondary N) is 1. The number of amides is 1. The van der Waals surface area contributed by atoms with Crippen LogP contribution in [0, 0.1) is 6.92 Å². The fourth-order valence-corrected chi connectivity index (χ4v) is 4.04. The second-order valence-electron chi connectivity index (χ2n) is 7.06. The van der Waals surface area contributed by atoms with Crippen LogP contribution in [0.4, 0.5) is 0 Å². The second-order valence-corrected chi connectivity index (χ2v) is 8.88. The molecule has 4 rings (SSSR count). The van der Waals surface area contributed by atoms with Gasteiger partial charge in [0.2, 0.25) is 0 Å². The summed E-state index contributed by atoms with van der Waals surface area (Å²) < 4.78 is 1.88. The van der Waals surface area contributed by atoms with Gasteiger partial charge in [0.15, 0.2) is 11.0 Å². The zero-order valence-electron chi connectivity index (χ0n) is 17.6. The summed E-state index contributed by atoms with van der Waals surface area (Å²) in [6, 6.07) is 22.5. The zero-order chi connectivity index (χ0) is 23.2. The van der Waals surface area contributed by atoms with Crippen molar-refractivity contribution in [2.75, 3.05) is 5.75 Å². The molecule has 0 radical (unpaired) electrons. The molecule has 4 aromatic rings. The molecule has 1 heterocycles. The number of thioether (sulfide) groups is 1. The molecule has 0 unspecified atom stereocenters. The van der Waals surface area contributed by atoms with Gasteiger partial charge in [-0.2, -0.15) is 5.10 Å². The predicted octanol–water partition coefficient (Wildman–Crippen LogP) is 5.79. The molecule has 0 saturated carbocycles. The molecule has 0 aliphatic heterocycles. The van der Waals surface area contributed by atoms with Crippen LogP contribution in [-0.2, 0) is 4.79 Å². The van der Waals surface area contributed by atoms with Gasteiger partial charge in [0, 0.05) is 21.3 Å². The van der Waals surface area contributed by atoms with Crippen LogP contribution in [0.2, 0.25) is 10.0 Å². The average molecular weight is 496 g/mol. The molecule has 3 aromatic carbocycles. The number of aromatic nitrogens is 3. The summed E-state index contributed by atoms with van der Waals surface area (Å²) in [5, 5.41) is 14.6. The van der Waals surface area contributed by atoms with Gasteiger partial charge in [0.25, 0.3) is 5.91 Å². The highest BCUT2D eigenvalue weighted by atomic mass is 35.5. The van der Waals surface area contributed by atoms with E-state index in [1.165, 1.54) is 11.8 Å². The van der Waals surface area contributed by atoms with Gasteiger partial charge < -0.3 is 0 Å². The molecular weight excluding hydrogens is 477 g/mol. The molecule has 166 valence electrons. The number of aryl methyl sites for hydroxylation is 1. The summed E-state index contributed by atoms with van der Waals surface area (Å²) in [7, 11) is 0. The van der Waals surface area contributed by atoms with Crippen LogP contribution in [0.1, 0.15) is 11.1 Å². The van der Waals surface area contributed by atoms with E-state index in [4.69, 9.17) is 23.2 Å². The molecule has 0 spiro atoms. The Kier molecular flexibility index (Phi) is 7.44. The number of halogens is 2. The average Bonchev–Trinajstić information content (AvgIpc) is 3.24. The van der Waals surface area contributed by atoms with E-state index in [-0.39, 0.29) is 11.7 Å². The van der Waals surface area contributed by atoms with E-state index in [1.54, 1.807) is 30.5 Å². The van der Waals surface area contributed by atoms with Crippen molar-refractivity contribution in [3.8, 4) is 17.1 Å². The van der Waals surface area contributed by atoms with Crippen LogP contribution in [0.25, 0.3) is 17.1 Å². The lowest BCUT2D eigenvalue weighted by Crippen LogP contribution is -2.20. The Morgan fingerprint density at radius 3 is 2.36 bits per heavy atom. The summed E-state index contributed by atoms with van der Waals surface area (Å²) in [6.45, 7) is 1.99. The Hall–Kier alpha value is -3.13. The first-order valence-electron chi connectivity index (χ1n) is 9.99. The SMILES string of the molecule is Cc1ccccc1C=NNC(=O)CSc1nnc(-c2ccc(Cl)cc2)n1-c1ccc(Cl)cc1. The predicted molar refractivity (Wildman–Crippen MR) is 134 cm³/mol. The summed E-state index contributed by atoms with van der Waals surface area (Å²) in [4.78, 5) is 12.4. The van der Waals surface area contributed by atoms with E-state index in [0.717, 1.165) is 22.4 Å². The van der Waals surface area contributed by atoms with Crippen LogP contribution in [-0.4, -0.2) is 32.6 Å². The number of carbonyl (C=O) groups is 1. The molecule has 0 aliphatic carbocycles. The van der Waals surface area contributed by atoms with Crippen molar-refractivity contribution >= 4 is 47.1 Å². The minimum Gasteiger partial charge on any atom is -0.272 e. The first-order chi connectivity index (χ1) is 16.0. The number of hydrogen-bond acceptors (Lipinski definition) is 5. The normalized spacial score (nSPS) is 11.1. The van der Waals surface area contributed by atoms with E-state index in [0.29, 0.717) is 21.0 Å². The standard InChI is InChI=1S/C24H19Cl2N5OS/c1-16-4-2-3-5-18(16)14-27-28-22(32)15-33-24-30-29-23(17-6-8-19(25)9-7-17)31(24)21-12-10-20(26)11-13-21/h2-14H,15H2,1H3,(H,28,32). The molecule has 6 nitrogen and oxygen atoms in total. The molecule has 1 amide bonds. The van der Waals surface area contributed by atoms with Gasteiger partial charge in [0.05, 0.1) is 12.0 Å². The van der Waals surface area contributed by atoms with Crippen molar-refractivity contribution in [3.05, 3.63) is 94.0 Å². The molecule has 9 heteroatoms. The smallest absolute Gasteiger partial charge is 0.250 e. The highest BCUT2D eigenvalue weighted by Gasteiger charge is 2.17. The third kappa shape index (κ3) is 5.82. The van der Waals surface area contributed by atoms with Gasteiger partial charge in [-0.05, 0) is 66.6 Å². The van der Waals surface area contributed by atoms with Crippen molar-refractivity contribution in [2.45, 2.75) is 12.1 Å². The third-order valence-corrected chi connectivity index (χ3v) is 6.17. The number of nitrogens with zero attached hydrogens (tertiary/aromatic N) is 4. The zero-order valence-corrected chi connectivity index (χ0v) is 19.9. The highest BCUT2D eigenvalue weighted by Crippen LogP contribution is 2.29. The van der Waals surface area contributed by atoms with Crippen LogP contribution < -0.4 is 5.43 Å². The molecule has 0 bridgehead atoms. The van der Waals surface area contributed by atoms with E-state index < -0.39 is 0 Å². The van der Waals surface area contributed by atoms with E-state index in [9.17, 15) is 4.79 Å². The number of hydrogen-bond donors (Lipinski definition) is 1. The summed E-state index contributed by atoms with van der Waals surface area (Å²) >= 11 is 13.4. The van der Waals surface area contributed by atoms with Gasteiger partial charge in [-0.15, -0.1) is 10.2 Å². The summed E-state index contributed by atoms with van der Waals surface area (Å²) in [5.41, 5.74) is 6.26. The van der Waals surface area contributed by atoms with E-state index >= 15 is 0 Å². The Morgan fingerprint density at radius 1 is 1.00 bits per heavy atom. The Balaban J connectivity index is 1.52. The minimum absolute atomic E-state index is 0.122. The largest absolute Gasteiger partial charge is 0.272 e. The molecule has 0 fully saturated rings. The molecular formula is C24H19Cl2N5OS. The lowest BCUT2D eigenvalue weighted by atomic mass is 10.1. The molecule has 33 heavy (non-hydrogen) atoms. The minimum atomic E-state index is -0.247. The van der Waals surface area contributed by atoms with Crippen LogP contribution in [0.15, 0.2) is 83.1 Å². The van der Waals surface area contributed by atoms with Crippen molar-refractivity contribution in [2.24, 2.45) is 5.10 Å². The lowest BCUT2D eigenvalue weighted by Gasteiger charge is -2.10. The van der Waals surface area contributed by atoms with Crippen LogP contribution in [0.5, 0.6) is 0 Å². The van der Waals surface area contributed by atoms with Crippen LogP contribution in [0.3, 0.4) is 0 Å². The molecule has 0 atom stereocenters. The summed E-state index contributed by atoms with van der Waals surface area (Å²) in [6.07, 6.45) is 1.63. The Labute approximate surface area is 205 Å². The lowest BCUT2D eigenvalue weighted by molar-refractivity contribution is -0.118. The fraction of sp³-hybridized carbons (Fsp3) is 0.0833. The fourth-order valence-electron chi connectivity index (χ4n) is 3.04. The third-order valence-electron chi connectivity index (χ3n) is 4.73. The van der Waals surface area contributed by atoms with Gasteiger partial charge in [-0.1, -0.05) is 59.2 Å².